The lowest BCUT2D eigenvalue weighted by Gasteiger charge is -2.22. The number of aliphatic hydroxyl groups is 1. The third-order valence-electron chi connectivity index (χ3n) is 2.50. The summed E-state index contributed by atoms with van der Waals surface area (Å²) in [6.07, 6.45) is 1.16. The van der Waals surface area contributed by atoms with E-state index in [-0.39, 0.29) is 12.1 Å². The average molecular weight is 279 g/mol. The quantitative estimate of drug-likeness (QED) is 0.717. The van der Waals surface area contributed by atoms with Crippen molar-refractivity contribution in [1.29, 1.82) is 0 Å². The first-order valence-corrected chi connectivity index (χ1v) is 6.80. The predicted octanol–water partition coefficient (Wildman–Crippen LogP) is 2.38. The third kappa shape index (κ3) is 7.16. The lowest BCUT2D eigenvalue weighted by atomic mass is 10.1. The molecule has 0 fully saturated rings. The van der Waals surface area contributed by atoms with Crippen LogP contribution in [0.4, 0.5) is 0 Å². The Labute approximate surface area is 121 Å². The monoisotopic (exact) mass is 279 g/mol. The van der Waals surface area contributed by atoms with Gasteiger partial charge in [-0.1, -0.05) is 12.7 Å². The molecule has 1 rings (SSSR count). The molecule has 1 atom stereocenters. The van der Waals surface area contributed by atoms with Crippen molar-refractivity contribution in [1.82, 2.24) is 5.32 Å². The van der Waals surface area contributed by atoms with Crippen molar-refractivity contribution in [3.8, 4) is 11.5 Å². The minimum Gasteiger partial charge on any atom is -0.491 e. The first-order chi connectivity index (χ1) is 9.40. The summed E-state index contributed by atoms with van der Waals surface area (Å²) in [4.78, 5) is 0. The van der Waals surface area contributed by atoms with E-state index in [4.69, 9.17) is 9.47 Å². The van der Waals surface area contributed by atoms with Gasteiger partial charge in [0.2, 0.25) is 0 Å². The Balaban J connectivity index is 2.32. The molecular formula is C16H25NO3. The number of β-amino-alcohol motifs (C(OH)–C–C–N with tert-alkyl or cyclic N) is 1. The van der Waals surface area contributed by atoms with Crippen molar-refractivity contribution in [2.45, 2.75) is 32.4 Å². The number of benzene rings is 1. The minimum atomic E-state index is -0.536. The highest BCUT2D eigenvalue weighted by molar-refractivity contribution is 5.31. The Hall–Kier alpha value is -1.52. The Morgan fingerprint density at radius 1 is 1.20 bits per heavy atom. The smallest absolute Gasteiger partial charge is 0.120 e. The molecule has 4 nitrogen and oxygen atoms in total. The summed E-state index contributed by atoms with van der Waals surface area (Å²) in [6.45, 7) is 11.0. The average Bonchev–Trinajstić information content (AvgIpc) is 2.41. The van der Waals surface area contributed by atoms with Crippen LogP contribution < -0.4 is 14.8 Å². The molecule has 0 amide bonds. The molecule has 0 aliphatic heterocycles. The van der Waals surface area contributed by atoms with E-state index in [2.05, 4.69) is 32.7 Å². The van der Waals surface area contributed by atoms with Crippen LogP contribution >= 0.6 is 0 Å². The second-order valence-corrected chi connectivity index (χ2v) is 5.67. The molecule has 0 aliphatic carbocycles. The topological polar surface area (TPSA) is 50.7 Å². The molecule has 4 heteroatoms. The summed E-state index contributed by atoms with van der Waals surface area (Å²) in [7, 11) is 0. The van der Waals surface area contributed by atoms with Gasteiger partial charge < -0.3 is 19.9 Å². The molecule has 112 valence electrons. The fraction of sp³-hybridized carbons (Fsp3) is 0.500. The number of hydrogen-bond acceptors (Lipinski definition) is 4. The Bertz CT molecular complexity index is 395. The zero-order valence-corrected chi connectivity index (χ0v) is 12.6. The maximum atomic E-state index is 9.82. The van der Waals surface area contributed by atoms with Crippen molar-refractivity contribution >= 4 is 0 Å². The summed E-state index contributed by atoms with van der Waals surface area (Å²) >= 11 is 0. The van der Waals surface area contributed by atoms with Gasteiger partial charge in [-0.25, -0.2) is 0 Å². The van der Waals surface area contributed by atoms with Gasteiger partial charge in [-0.3, -0.25) is 0 Å². The van der Waals surface area contributed by atoms with Crippen LogP contribution in [0.5, 0.6) is 11.5 Å². The van der Waals surface area contributed by atoms with Crippen LogP contribution in [0, 0.1) is 0 Å². The van der Waals surface area contributed by atoms with E-state index >= 15 is 0 Å². The first-order valence-electron chi connectivity index (χ1n) is 6.80. The van der Waals surface area contributed by atoms with Gasteiger partial charge in [0.15, 0.2) is 0 Å². The summed E-state index contributed by atoms with van der Waals surface area (Å²) in [6, 6.07) is 7.31. The summed E-state index contributed by atoms with van der Waals surface area (Å²) in [5, 5.41) is 13.1. The molecule has 0 bridgehead atoms. The van der Waals surface area contributed by atoms with Crippen LogP contribution in [0.3, 0.4) is 0 Å². The van der Waals surface area contributed by atoms with Crippen LogP contribution in [0.1, 0.15) is 20.8 Å². The fourth-order valence-corrected chi connectivity index (χ4v) is 1.46. The first kappa shape index (κ1) is 16.5. The molecule has 0 spiro atoms. The predicted molar refractivity (Wildman–Crippen MR) is 81.4 cm³/mol. The highest BCUT2D eigenvalue weighted by atomic mass is 16.5. The van der Waals surface area contributed by atoms with Gasteiger partial charge >= 0.3 is 0 Å². The second kappa shape index (κ2) is 7.92. The number of hydrogen-bond donors (Lipinski definition) is 2. The molecule has 0 heterocycles. The number of nitrogens with one attached hydrogen (secondary N) is 1. The second-order valence-electron chi connectivity index (χ2n) is 5.67. The summed E-state index contributed by atoms with van der Waals surface area (Å²) in [5.41, 5.74) is -0.00881. The number of rotatable bonds is 8. The lowest BCUT2D eigenvalue weighted by molar-refractivity contribution is 0.100. The molecule has 2 N–H and O–H groups in total. The van der Waals surface area contributed by atoms with Crippen molar-refractivity contribution in [3.63, 3.8) is 0 Å². The van der Waals surface area contributed by atoms with E-state index in [0.29, 0.717) is 18.9 Å². The summed E-state index contributed by atoms with van der Waals surface area (Å²) in [5.74, 6) is 1.48. The van der Waals surface area contributed by atoms with E-state index < -0.39 is 6.10 Å². The van der Waals surface area contributed by atoms with Crippen molar-refractivity contribution < 1.29 is 14.6 Å². The third-order valence-corrected chi connectivity index (χ3v) is 2.50. The molecule has 1 aromatic carbocycles. The van der Waals surface area contributed by atoms with E-state index in [1.807, 2.05) is 24.3 Å². The zero-order valence-electron chi connectivity index (χ0n) is 12.6. The van der Waals surface area contributed by atoms with Gasteiger partial charge in [-0.15, -0.1) is 0 Å². The van der Waals surface area contributed by atoms with Crippen LogP contribution in [0.25, 0.3) is 0 Å². The largest absolute Gasteiger partial charge is 0.491 e. The van der Waals surface area contributed by atoms with Crippen molar-refractivity contribution in [2.75, 3.05) is 19.8 Å². The molecule has 0 saturated heterocycles. The SMILES string of the molecule is C=CCOc1ccc(OCC(O)CNC(C)(C)C)cc1. The number of ether oxygens (including phenoxy) is 2. The van der Waals surface area contributed by atoms with Crippen LogP contribution in [0.2, 0.25) is 0 Å². The van der Waals surface area contributed by atoms with E-state index in [1.54, 1.807) is 6.08 Å². The molecule has 0 saturated carbocycles. The molecule has 0 aliphatic rings. The van der Waals surface area contributed by atoms with E-state index in [0.717, 1.165) is 5.75 Å². The van der Waals surface area contributed by atoms with E-state index in [1.165, 1.54) is 0 Å². The van der Waals surface area contributed by atoms with Crippen LogP contribution in [0.15, 0.2) is 36.9 Å². The minimum absolute atomic E-state index is 0.00881. The molecule has 20 heavy (non-hydrogen) atoms. The van der Waals surface area contributed by atoms with Gasteiger partial charge in [0.25, 0.3) is 0 Å². The maximum Gasteiger partial charge on any atom is 0.120 e. The highest BCUT2D eigenvalue weighted by Crippen LogP contribution is 2.17. The Morgan fingerprint density at radius 2 is 1.75 bits per heavy atom. The fourth-order valence-electron chi connectivity index (χ4n) is 1.46. The van der Waals surface area contributed by atoms with Crippen LogP contribution in [-0.4, -0.2) is 36.5 Å². The van der Waals surface area contributed by atoms with Crippen LogP contribution in [-0.2, 0) is 0 Å². The molecule has 0 aromatic heterocycles. The van der Waals surface area contributed by atoms with Gasteiger partial charge in [-0.05, 0) is 45.0 Å². The van der Waals surface area contributed by atoms with Crippen molar-refractivity contribution in [3.05, 3.63) is 36.9 Å². The number of aliphatic hydroxyl groups excluding tert-OH is 1. The van der Waals surface area contributed by atoms with Gasteiger partial charge in [0.05, 0.1) is 0 Å². The maximum absolute atomic E-state index is 9.82. The van der Waals surface area contributed by atoms with Crippen molar-refractivity contribution in [2.24, 2.45) is 0 Å². The highest BCUT2D eigenvalue weighted by Gasteiger charge is 2.12. The normalized spacial score (nSPS) is 12.8. The molecule has 1 aromatic rings. The zero-order chi connectivity index (χ0) is 15.0. The Morgan fingerprint density at radius 3 is 2.25 bits per heavy atom. The van der Waals surface area contributed by atoms with Gasteiger partial charge in [0, 0.05) is 12.1 Å². The van der Waals surface area contributed by atoms with E-state index in [9.17, 15) is 5.11 Å². The Kier molecular flexibility index (Phi) is 6.55. The summed E-state index contributed by atoms with van der Waals surface area (Å²) < 4.78 is 10.9. The molecule has 0 radical (unpaired) electrons. The van der Waals surface area contributed by atoms with Gasteiger partial charge in [0.1, 0.15) is 30.8 Å². The lowest BCUT2D eigenvalue weighted by Crippen LogP contribution is -2.42. The van der Waals surface area contributed by atoms with Gasteiger partial charge in [-0.2, -0.15) is 0 Å². The molecular weight excluding hydrogens is 254 g/mol. The standard InChI is InChI=1S/C16H25NO3/c1-5-10-19-14-6-8-15(9-7-14)20-12-13(18)11-17-16(2,3)4/h5-9,13,17-18H,1,10-12H2,2-4H3. The molecule has 1 unspecified atom stereocenters.